The predicted octanol–water partition coefficient (Wildman–Crippen LogP) is 3.74. The first-order chi connectivity index (χ1) is 34.5. The van der Waals surface area contributed by atoms with E-state index in [1.54, 1.807) is 0 Å². The van der Waals surface area contributed by atoms with Gasteiger partial charge in [0.05, 0.1) is 11.0 Å². The summed E-state index contributed by atoms with van der Waals surface area (Å²) in [7, 11) is 67.1. The average Bonchev–Trinajstić information content (AvgIpc) is 3.90. The van der Waals surface area contributed by atoms with Crippen molar-refractivity contribution in [1.82, 2.24) is 9.55 Å². The summed E-state index contributed by atoms with van der Waals surface area (Å²) in [6, 6.07) is 35.8. The monoisotopic (exact) mass is 921 g/mol. The lowest BCUT2D eigenvalue weighted by Crippen LogP contribution is -2.55. The van der Waals surface area contributed by atoms with Crippen molar-refractivity contribution in [3.63, 3.8) is 0 Å². The number of ether oxygens (including phenoxy) is 1. The largest absolute Gasteiger partial charge is 0.457 e. The van der Waals surface area contributed by atoms with E-state index in [0.29, 0.717) is 40.3 Å². The van der Waals surface area contributed by atoms with E-state index in [2.05, 4.69) is 130 Å². The Morgan fingerprint density at radius 3 is 1.62 bits per heavy atom. The summed E-state index contributed by atoms with van der Waals surface area (Å²) >= 11 is 0. The van der Waals surface area contributed by atoms with Gasteiger partial charge in [0, 0.05) is 52.9 Å². The smallest absolute Gasteiger partial charge is 0.137 e. The minimum absolute atomic E-state index is 0.0655. The molecule has 73 heavy (non-hydrogen) atoms. The second kappa shape index (κ2) is 18.3. The highest BCUT2D eigenvalue weighted by Crippen LogP contribution is 2.51. The van der Waals surface area contributed by atoms with Gasteiger partial charge in [0.1, 0.15) is 95.8 Å². The molecule has 0 saturated carbocycles. The molecule has 9 aromatic rings. The molecule has 0 N–H and O–H groups in total. The SMILES string of the molecule is [B]c1c([B])c([B])c(-c2c(C)cc(C)c(-c3c([B])c([B])c([B])c([B])c3[B])c2C2CN(c3cc(Oc4ccc5c6ccccc6n(-c6cc(C(C)(C)C)ccn6)c5c4)cc(C(C)(C)C)c3)c3ccccc32)c([B])c1[B]. The molecule has 1 aliphatic rings. The Morgan fingerprint density at radius 2 is 1.03 bits per heavy atom. The van der Waals surface area contributed by atoms with Crippen molar-refractivity contribution in [2.45, 2.75) is 72.1 Å². The van der Waals surface area contributed by atoms with E-state index in [1.807, 2.05) is 44.3 Å². The van der Waals surface area contributed by atoms with Crippen LogP contribution in [-0.4, -0.2) is 94.6 Å². The first-order valence-electron chi connectivity index (χ1n) is 24.3. The minimum Gasteiger partial charge on any atom is -0.457 e. The summed E-state index contributed by atoms with van der Waals surface area (Å²) in [5.74, 6) is 1.81. The molecule has 0 fully saturated rings. The van der Waals surface area contributed by atoms with E-state index >= 15 is 0 Å². The van der Waals surface area contributed by atoms with Crippen molar-refractivity contribution < 1.29 is 4.74 Å². The number of aromatic nitrogens is 2. The Bertz CT molecular complexity index is 3620. The van der Waals surface area contributed by atoms with Gasteiger partial charge in [0.25, 0.3) is 0 Å². The fraction of sp³-hybridized carbons (Fsp3) is 0.203. The molecule has 0 bridgehead atoms. The van der Waals surface area contributed by atoms with Crippen LogP contribution in [0.2, 0.25) is 0 Å². The van der Waals surface area contributed by atoms with Gasteiger partial charge < -0.3 is 9.64 Å². The van der Waals surface area contributed by atoms with E-state index in [0.717, 1.165) is 66.8 Å². The van der Waals surface area contributed by atoms with Crippen LogP contribution in [-0.2, 0) is 10.8 Å². The lowest BCUT2D eigenvalue weighted by Gasteiger charge is -2.32. The number of anilines is 2. The Labute approximate surface area is 444 Å². The summed E-state index contributed by atoms with van der Waals surface area (Å²) in [5, 5.41) is 2.23. The van der Waals surface area contributed by atoms with Gasteiger partial charge in [-0.05, 0) is 129 Å². The van der Waals surface area contributed by atoms with E-state index in [4.69, 9.17) is 88.2 Å². The van der Waals surface area contributed by atoms with Gasteiger partial charge in [-0.2, -0.15) is 0 Å². The fourth-order valence-electron chi connectivity index (χ4n) is 10.8. The van der Waals surface area contributed by atoms with Crippen LogP contribution in [0.5, 0.6) is 11.5 Å². The van der Waals surface area contributed by atoms with E-state index in [9.17, 15) is 0 Å². The number of hydrogen-bond acceptors (Lipinski definition) is 3. The molecule has 1 atom stereocenters. The molecule has 14 heteroatoms. The molecule has 1 unspecified atom stereocenters. The maximum Gasteiger partial charge on any atom is 0.137 e. The third kappa shape index (κ3) is 8.36. The number of para-hydroxylation sites is 2. The number of pyridine rings is 1. The quantitative estimate of drug-likeness (QED) is 0.229. The molecule has 4 nitrogen and oxygen atoms in total. The lowest BCUT2D eigenvalue weighted by atomic mass is 9.57. The van der Waals surface area contributed by atoms with Crippen molar-refractivity contribution in [1.29, 1.82) is 0 Å². The van der Waals surface area contributed by atoms with Crippen LogP contribution >= 0.6 is 0 Å². The van der Waals surface area contributed by atoms with Gasteiger partial charge in [-0.1, -0.05) is 106 Å². The van der Waals surface area contributed by atoms with Crippen LogP contribution in [0.25, 0.3) is 49.9 Å². The minimum atomic E-state index is -0.380. The molecule has 10 rings (SSSR count). The van der Waals surface area contributed by atoms with Gasteiger partial charge in [-0.25, -0.2) is 4.98 Å². The van der Waals surface area contributed by atoms with Crippen LogP contribution in [0.1, 0.15) is 80.8 Å². The topological polar surface area (TPSA) is 30.3 Å². The van der Waals surface area contributed by atoms with Crippen molar-refractivity contribution in [3.05, 3.63) is 143 Å². The van der Waals surface area contributed by atoms with E-state index in [-0.39, 0.29) is 71.4 Å². The maximum atomic E-state index is 7.01. The van der Waals surface area contributed by atoms with Crippen molar-refractivity contribution >= 4 is 166 Å². The zero-order chi connectivity index (χ0) is 52.3. The number of hydrogen-bond donors (Lipinski definition) is 0. The molecule has 7 aromatic carbocycles. The molecule has 332 valence electrons. The van der Waals surface area contributed by atoms with Crippen molar-refractivity contribution in [3.8, 4) is 39.6 Å². The standard InChI is InChI=1S/C59H45B10N3O/c1-28-21-29(2)44(47-50(62)54(66)57(69)55(67)51(47)63)45(43(28)46-48(60)52(64)56(68)53(65)49(46)61)38-27-71(39-15-11-9-14-36(38)39)32-22-31(59(6,7)8)23-34(25-32)73-33-17-18-37-35-13-10-12-16-40(35)72(41(37)26-33)42-24-30(19-20-70-42)58(3,4)5/h9-26,38H,27H2,1-8H3. The molecule has 20 radical (unpaired) electrons. The number of rotatable bonds is 7. The van der Waals surface area contributed by atoms with Crippen LogP contribution in [0.4, 0.5) is 11.4 Å². The van der Waals surface area contributed by atoms with Gasteiger partial charge in [-0.15, -0.1) is 32.8 Å². The molecule has 3 heterocycles. The zero-order valence-electron chi connectivity index (χ0n) is 42.7. The molecule has 0 amide bonds. The molecule has 2 aromatic heterocycles. The molecule has 1 aliphatic heterocycles. The maximum absolute atomic E-state index is 7.01. The van der Waals surface area contributed by atoms with Gasteiger partial charge in [-0.3, -0.25) is 4.57 Å². The third-order valence-electron chi connectivity index (χ3n) is 14.8. The summed E-state index contributed by atoms with van der Waals surface area (Å²) in [4.78, 5) is 7.22. The molecule has 0 spiro atoms. The second-order valence-corrected chi connectivity index (χ2v) is 21.5. The van der Waals surface area contributed by atoms with Crippen LogP contribution < -0.4 is 64.3 Å². The normalized spacial score (nSPS) is 13.8. The van der Waals surface area contributed by atoms with Crippen LogP contribution in [0.3, 0.4) is 0 Å². The van der Waals surface area contributed by atoms with Crippen molar-refractivity contribution in [2.24, 2.45) is 0 Å². The zero-order valence-corrected chi connectivity index (χ0v) is 42.7. The first kappa shape index (κ1) is 50.3. The highest BCUT2D eigenvalue weighted by molar-refractivity contribution is 6.70. The van der Waals surface area contributed by atoms with Crippen LogP contribution in [0, 0.1) is 13.8 Å². The number of nitrogens with zero attached hydrogens (tertiary/aromatic N) is 3. The summed E-state index contributed by atoms with van der Waals surface area (Å²) in [6.45, 7) is 17.7. The highest BCUT2D eigenvalue weighted by atomic mass is 16.5. The molecule has 0 saturated heterocycles. The number of aryl methyl sites for hydroxylation is 2. The Kier molecular flexibility index (Phi) is 12.6. The molecular formula is C59H45B10N3O. The Morgan fingerprint density at radius 1 is 0.493 bits per heavy atom. The number of benzene rings is 7. The van der Waals surface area contributed by atoms with E-state index in [1.165, 1.54) is 5.56 Å². The summed E-state index contributed by atoms with van der Waals surface area (Å²) in [6.07, 6.45) is 1.89. The average molecular weight is 920 g/mol. The summed E-state index contributed by atoms with van der Waals surface area (Å²) in [5.41, 5.74) is 13.2. The Hall–Kier alpha value is -6.26. The summed E-state index contributed by atoms with van der Waals surface area (Å²) < 4.78 is 9.23. The van der Waals surface area contributed by atoms with Crippen molar-refractivity contribution in [2.75, 3.05) is 11.4 Å². The second-order valence-electron chi connectivity index (χ2n) is 21.5. The number of fused-ring (bicyclic) bond motifs is 4. The fourth-order valence-corrected chi connectivity index (χ4v) is 10.8. The highest BCUT2D eigenvalue weighted by Gasteiger charge is 2.37. The molecular weight excluding hydrogens is 875 g/mol. The first-order valence-corrected chi connectivity index (χ1v) is 24.3. The van der Waals surface area contributed by atoms with Gasteiger partial charge in [0.15, 0.2) is 0 Å². The third-order valence-corrected chi connectivity index (χ3v) is 14.8. The van der Waals surface area contributed by atoms with E-state index < -0.39 is 0 Å². The Balaban J connectivity index is 1.17. The van der Waals surface area contributed by atoms with Crippen LogP contribution in [0.15, 0.2) is 109 Å². The predicted molar refractivity (Wildman–Crippen MR) is 318 cm³/mol. The molecule has 0 aliphatic carbocycles. The van der Waals surface area contributed by atoms with Gasteiger partial charge in [0.2, 0.25) is 0 Å². The lowest BCUT2D eigenvalue weighted by molar-refractivity contribution is 0.479. The van der Waals surface area contributed by atoms with Gasteiger partial charge >= 0.3 is 0 Å².